The summed E-state index contributed by atoms with van der Waals surface area (Å²) in [5, 5.41) is 4.27. The van der Waals surface area contributed by atoms with Crippen LogP contribution in [0.3, 0.4) is 0 Å². The zero-order valence-corrected chi connectivity index (χ0v) is 16.1. The average molecular weight is 367 g/mol. The molecular weight excluding hydrogens is 336 g/mol. The highest BCUT2D eigenvalue weighted by Gasteiger charge is 2.47. The van der Waals surface area contributed by atoms with E-state index in [0.29, 0.717) is 5.91 Å². The van der Waals surface area contributed by atoms with E-state index in [-0.39, 0.29) is 5.41 Å². The van der Waals surface area contributed by atoms with Gasteiger partial charge in [0.15, 0.2) is 0 Å². The van der Waals surface area contributed by atoms with Crippen LogP contribution in [0.1, 0.15) is 31.2 Å². The van der Waals surface area contributed by atoms with Crippen molar-refractivity contribution in [3.8, 4) is 0 Å². The van der Waals surface area contributed by atoms with Crippen molar-refractivity contribution in [1.82, 2.24) is 19.6 Å². The van der Waals surface area contributed by atoms with Crippen LogP contribution in [0.15, 0.2) is 48.8 Å². The van der Waals surface area contributed by atoms with Crippen molar-refractivity contribution in [2.45, 2.75) is 38.6 Å². The zero-order chi connectivity index (χ0) is 18.5. The van der Waals surface area contributed by atoms with Crippen molar-refractivity contribution in [1.29, 1.82) is 0 Å². The number of hydrogen-bond donors (Lipinski definition) is 0. The maximum absolute atomic E-state index is 13.3. The molecule has 2 fully saturated rings. The van der Waals surface area contributed by atoms with Gasteiger partial charge in [-0.25, -0.2) is 0 Å². The zero-order valence-electron chi connectivity index (χ0n) is 16.1. The molecule has 0 unspecified atom stereocenters. The lowest BCUT2D eigenvalue weighted by Crippen LogP contribution is -2.50. The summed E-state index contributed by atoms with van der Waals surface area (Å²) in [6.45, 7) is 5.77. The lowest BCUT2D eigenvalue weighted by molar-refractivity contribution is -0.145. The van der Waals surface area contributed by atoms with Crippen LogP contribution >= 0.6 is 0 Å². The number of likely N-dealkylation sites (tertiary alicyclic amines) is 2. The van der Waals surface area contributed by atoms with Crippen LogP contribution in [0.25, 0.3) is 0 Å². The van der Waals surface area contributed by atoms with Crippen molar-refractivity contribution in [3.05, 3.63) is 54.4 Å². The summed E-state index contributed by atoms with van der Waals surface area (Å²) in [7, 11) is 0. The Hall–Kier alpha value is -2.14. The molecule has 0 bridgehead atoms. The number of hydrogen-bond acceptors (Lipinski definition) is 3. The molecule has 0 aliphatic carbocycles. The van der Waals surface area contributed by atoms with Crippen LogP contribution in [0, 0.1) is 5.41 Å². The minimum atomic E-state index is -0.124. The number of benzene rings is 1. The Morgan fingerprint density at radius 3 is 2.70 bits per heavy atom. The predicted molar refractivity (Wildman–Crippen MR) is 106 cm³/mol. The van der Waals surface area contributed by atoms with E-state index in [9.17, 15) is 4.79 Å². The van der Waals surface area contributed by atoms with E-state index in [4.69, 9.17) is 0 Å². The molecule has 1 spiro atoms. The Labute approximate surface area is 162 Å². The van der Waals surface area contributed by atoms with Gasteiger partial charge in [0.25, 0.3) is 0 Å². The maximum Gasteiger partial charge on any atom is 0.230 e. The van der Waals surface area contributed by atoms with Gasteiger partial charge >= 0.3 is 0 Å². The molecule has 0 radical (unpaired) electrons. The van der Waals surface area contributed by atoms with E-state index in [1.807, 2.05) is 29.2 Å². The molecule has 1 amide bonds. The molecule has 1 aromatic heterocycles. The lowest BCUT2D eigenvalue weighted by Gasteiger charge is -2.39. The second kappa shape index (κ2) is 8.26. The molecule has 27 heavy (non-hydrogen) atoms. The van der Waals surface area contributed by atoms with Crippen molar-refractivity contribution >= 4 is 5.91 Å². The number of carbonyl (C=O) groups is 1. The number of aromatic nitrogens is 2. The minimum Gasteiger partial charge on any atom is -0.342 e. The van der Waals surface area contributed by atoms with Crippen molar-refractivity contribution in [3.63, 3.8) is 0 Å². The molecule has 2 aliphatic rings. The van der Waals surface area contributed by atoms with Gasteiger partial charge in [0.2, 0.25) is 5.91 Å². The lowest BCUT2D eigenvalue weighted by atomic mass is 9.78. The Bertz CT molecular complexity index is 730. The fourth-order valence-electron chi connectivity index (χ4n) is 4.69. The summed E-state index contributed by atoms with van der Waals surface area (Å²) >= 11 is 0. The molecular formula is C22H30N4O. The van der Waals surface area contributed by atoms with Gasteiger partial charge in [-0.2, -0.15) is 5.10 Å². The molecule has 0 saturated carbocycles. The second-order valence-corrected chi connectivity index (χ2v) is 8.06. The van der Waals surface area contributed by atoms with Crippen LogP contribution in [-0.4, -0.2) is 58.2 Å². The summed E-state index contributed by atoms with van der Waals surface area (Å²) in [5.74, 6) is 0.402. The van der Waals surface area contributed by atoms with E-state index in [1.54, 1.807) is 0 Å². The number of aryl methyl sites for hydroxylation is 1. The van der Waals surface area contributed by atoms with Gasteiger partial charge in [-0.05, 0) is 56.8 Å². The number of nitrogens with zero attached hydrogens (tertiary/aromatic N) is 4. The van der Waals surface area contributed by atoms with Crippen molar-refractivity contribution in [2.75, 3.05) is 32.7 Å². The monoisotopic (exact) mass is 366 g/mol. The molecule has 5 nitrogen and oxygen atoms in total. The first-order valence-corrected chi connectivity index (χ1v) is 10.3. The van der Waals surface area contributed by atoms with Gasteiger partial charge in [-0.15, -0.1) is 0 Å². The van der Waals surface area contributed by atoms with Crippen molar-refractivity contribution < 1.29 is 4.79 Å². The van der Waals surface area contributed by atoms with Crippen LogP contribution in [-0.2, 0) is 17.8 Å². The molecule has 2 aliphatic heterocycles. The molecule has 3 heterocycles. The van der Waals surface area contributed by atoms with Gasteiger partial charge in [0.05, 0.1) is 5.41 Å². The van der Waals surface area contributed by atoms with Crippen LogP contribution < -0.4 is 0 Å². The number of amides is 1. The van der Waals surface area contributed by atoms with E-state index >= 15 is 0 Å². The van der Waals surface area contributed by atoms with Crippen molar-refractivity contribution in [2.24, 2.45) is 5.41 Å². The third kappa shape index (κ3) is 4.24. The first-order valence-electron chi connectivity index (χ1n) is 10.3. The molecule has 1 atom stereocenters. The quantitative estimate of drug-likeness (QED) is 0.757. The fraction of sp³-hybridized carbons (Fsp3) is 0.545. The van der Waals surface area contributed by atoms with Crippen LogP contribution in [0.2, 0.25) is 0 Å². The fourth-order valence-corrected chi connectivity index (χ4v) is 4.69. The number of carbonyl (C=O) groups excluding carboxylic acids is 1. The topological polar surface area (TPSA) is 41.4 Å². The Kier molecular flexibility index (Phi) is 5.58. The highest BCUT2D eigenvalue weighted by atomic mass is 16.2. The van der Waals surface area contributed by atoms with E-state index in [0.717, 1.165) is 71.4 Å². The van der Waals surface area contributed by atoms with E-state index < -0.39 is 0 Å². The van der Waals surface area contributed by atoms with Crippen LogP contribution in [0.4, 0.5) is 0 Å². The molecule has 1 aromatic carbocycles. The summed E-state index contributed by atoms with van der Waals surface area (Å²) in [5.41, 5.74) is 1.19. The molecule has 2 aromatic rings. The Morgan fingerprint density at radius 1 is 1.00 bits per heavy atom. The van der Waals surface area contributed by atoms with E-state index in [2.05, 4.69) is 39.2 Å². The smallest absolute Gasteiger partial charge is 0.230 e. The third-order valence-corrected chi connectivity index (χ3v) is 6.19. The van der Waals surface area contributed by atoms with Gasteiger partial charge in [0.1, 0.15) is 0 Å². The summed E-state index contributed by atoms with van der Waals surface area (Å²) in [4.78, 5) is 17.9. The number of rotatable bonds is 7. The standard InChI is InChI=1S/C22H30N4O/c27-21-22(10-4-14-25(21)17-9-20-7-2-1-3-8-20)11-18-24(19-22)13-6-16-26-15-5-12-23-26/h1-3,5,7-8,12,15H,4,6,9-11,13-14,16-19H2/t22-/m0/s1. The maximum atomic E-state index is 13.3. The van der Waals surface area contributed by atoms with Gasteiger partial charge in [-0.1, -0.05) is 30.3 Å². The van der Waals surface area contributed by atoms with Gasteiger partial charge in [-0.3, -0.25) is 9.48 Å². The minimum absolute atomic E-state index is 0.124. The molecule has 5 heteroatoms. The Balaban J connectivity index is 1.29. The highest BCUT2D eigenvalue weighted by molar-refractivity contribution is 5.84. The largest absolute Gasteiger partial charge is 0.342 e. The van der Waals surface area contributed by atoms with Gasteiger partial charge < -0.3 is 9.80 Å². The molecule has 2 saturated heterocycles. The SMILES string of the molecule is O=C1N(CCc2ccccc2)CCC[C@@]12CCN(CCCn1cccn1)C2. The normalized spacial score (nSPS) is 23.4. The Morgan fingerprint density at radius 2 is 1.89 bits per heavy atom. The molecule has 0 N–H and O–H groups in total. The summed E-state index contributed by atoms with van der Waals surface area (Å²) < 4.78 is 1.99. The second-order valence-electron chi connectivity index (χ2n) is 8.06. The third-order valence-electron chi connectivity index (χ3n) is 6.19. The summed E-state index contributed by atoms with van der Waals surface area (Å²) in [6, 6.07) is 12.5. The average Bonchev–Trinajstić information content (AvgIpc) is 3.35. The van der Waals surface area contributed by atoms with Gasteiger partial charge in [0, 0.05) is 38.6 Å². The van der Waals surface area contributed by atoms with Crippen LogP contribution in [0.5, 0.6) is 0 Å². The summed E-state index contributed by atoms with van der Waals surface area (Å²) in [6.07, 6.45) is 9.11. The highest BCUT2D eigenvalue weighted by Crippen LogP contribution is 2.40. The first kappa shape index (κ1) is 18.2. The predicted octanol–water partition coefficient (Wildman–Crippen LogP) is 2.83. The first-order chi connectivity index (χ1) is 13.3. The number of piperidine rings is 1. The van der Waals surface area contributed by atoms with E-state index in [1.165, 1.54) is 5.56 Å². The molecule has 144 valence electrons. The molecule has 4 rings (SSSR count).